The number of amides is 2. The first-order chi connectivity index (χ1) is 13.0. The number of hydrogen-bond donors (Lipinski definition) is 4. The van der Waals surface area contributed by atoms with Gasteiger partial charge in [-0.15, -0.1) is 0 Å². The van der Waals surface area contributed by atoms with Gasteiger partial charge in [-0.25, -0.2) is 0 Å². The standard InChI is InChI=1S/C20H22N2O5/c23-17-16(11-21-18(24)14-7-3-1-4-8-14)27-13-20(17,26)12-22-19(25)15-9-5-2-6-10-15/h1-10,16-17,23,26H,11-13H2,(H,21,24)(H,22,25)/t16-,17?,20-/m0/s1. The summed E-state index contributed by atoms with van der Waals surface area (Å²) in [6.07, 6.45) is -2.01. The maximum atomic E-state index is 12.1. The molecule has 7 nitrogen and oxygen atoms in total. The zero-order valence-electron chi connectivity index (χ0n) is 14.7. The summed E-state index contributed by atoms with van der Waals surface area (Å²) in [6.45, 7) is -0.260. The highest BCUT2D eigenvalue weighted by molar-refractivity contribution is 5.94. The number of ether oxygens (including phenoxy) is 1. The molecule has 4 N–H and O–H groups in total. The molecule has 3 rings (SSSR count). The Bertz CT molecular complexity index is 783. The van der Waals surface area contributed by atoms with Gasteiger partial charge in [0.1, 0.15) is 17.8 Å². The number of carbonyl (C=O) groups excluding carboxylic acids is 2. The minimum atomic E-state index is -1.62. The van der Waals surface area contributed by atoms with E-state index in [0.717, 1.165) is 0 Å². The van der Waals surface area contributed by atoms with Gasteiger partial charge in [-0.05, 0) is 24.3 Å². The van der Waals surface area contributed by atoms with Gasteiger partial charge in [0.25, 0.3) is 11.8 Å². The Kier molecular flexibility index (Phi) is 5.85. The molecule has 0 aromatic heterocycles. The van der Waals surface area contributed by atoms with Crippen molar-refractivity contribution < 1.29 is 24.5 Å². The third-order valence-electron chi connectivity index (χ3n) is 4.54. The van der Waals surface area contributed by atoms with Crippen LogP contribution in [0.3, 0.4) is 0 Å². The average molecular weight is 370 g/mol. The Labute approximate surface area is 157 Å². The monoisotopic (exact) mass is 370 g/mol. The van der Waals surface area contributed by atoms with E-state index < -0.39 is 17.8 Å². The fourth-order valence-electron chi connectivity index (χ4n) is 2.91. The molecule has 2 amide bonds. The molecule has 1 unspecified atom stereocenters. The number of rotatable bonds is 6. The van der Waals surface area contributed by atoms with Crippen LogP contribution in [0.4, 0.5) is 0 Å². The van der Waals surface area contributed by atoms with Crippen LogP contribution in [-0.4, -0.2) is 59.5 Å². The van der Waals surface area contributed by atoms with E-state index in [1.165, 1.54) is 0 Å². The van der Waals surface area contributed by atoms with Crippen LogP contribution >= 0.6 is 0 Å². The molecule has 0 spiro atoms. The van der Waals surface area contributed by atoms with Gasteiger partial charge in [0.05, 0.1) is 13.2 Å². The van der Waals surface area contributed by atoms with E-state index in [-0.39, 0.29) is 31.5 Å². The van der Waals surface area contributed by atoms with Crippen molar-refractivity contribution in [2.75, 3.05) is 19.7 Å². The maximum absolute atomic E-state index is 12.1. The molecule has 0 saturated carbocycles. The molecule has 1 heterocycles. The minimum Gasteiger partial charge on any atom is -0.387 e. The Morgan fingerprint density at radius 2 is 1.48 bits per heavy atom. The largest absolute Gasteiger partial charge is 0.387 e. The Morgan fingerprint density at radius 3 is 2.04 bits per heavy atom. The van der Waals surface area contributed by atoms with Crippen molar-refractivity contribution in [2.24, 2.45) is 0 Å². The van der Waals surface area contributed by atoms with Crippen LogP contribution < -0.4 is 10.6 Å². The van der Waals surface area contributed by atoms with E-state index in [0.29, 0.717) is 11.1 Å². The number of carbonyl (C=O) groups is 2. The average Bonchev–Trinajstić information content (AvgIpc) is 3.00. The second-order valence-corrected chi connectivity index (χ2v) is 6.52. The van der Waals surface area contributed by atoms with Crippen molar-refractivity contribution in [1.82, 2.24) is 10.6 Å². The normalized spacial score (nSPS) is 24.4. The zero-order valence-corrected chi connectivity index (χ0v) is 14.7. The highest BCUT2D eigenvalue weighted by Gasteiger charge is 2.48. The summed E-state index contributed by atoms with van der Waals surface area (Å²) in [6, 6.07) is 17.3. The summed E-state index contributed by atoms with van der Waals surface area (Å²) in [5.74, 6) is -0.642. The molecule has 27 heavy (non-hydrogen) atoms. The van der Waals surface area contributed by atoms with Crippen molar-refractivity contribution in [3.05, 3.63) is 71.8 Å². The summed E-state index contributed by atoms with van der Waals surface area (Å²) in [7, 11) is 0. The first kappa shape index (κ1) is 19.0. The summed E-state index contributed by atoms with van der Waals surface area (Å²) in [5.41, 5.74) is -0.663. The third kappa shape index (κ3) is 4.51. The van der Waals surface area contributed by atoms with Crippen molar-refractivity contribution in [1.29, 1.82) is 0 Å². The van der Waals surface area contributed by atoms with Crippen LogP contribution in [0.5, 0.6) is 0 Å². The predicted molar refractivity (Wildman–Crippen MR) is 98.2 cm³/mol. The first-order valence-corrected chi connectivity index (χ1v) is 8.68. The quantitative estimate of drug-likeness (QED) is 0.586. The topological polar surface area (TPSA) is 108 Å². The molecular weight excluding hydrogens is 348 g/mol. The highest BCUT2D eigenvalue weighted by atomic mass is 16.5. The molecule has 0 radical (unpaired) electrons. The number of hydrogen-bond acceptors (Lipinski definition) is 5. The van der Waals surface area contributed by atoms with Gasteiger partial charge in [0, 0.05) is 17.7 Å². The fraction of sp³-hybridized carbons (Fsp3) is 0.300. The van der Waals surface area contributed by atoms with Crippen molar-refractivity contribution in [3.8, 4) is 0 Å². The van der Waals surface area contributed by atoms with Crippen LogP contribution in [0.2, 0.25) is 0 Å². The molecule has 0 bridgehead atoms. The minimum absolute atomic E-state index is 0.0455. The molecule has 7 heteroatoms. The lowest BCUT2D eigenvalue weighted by Crippen LogP contribution is -2.53. The second kappa shape index (κ2) is 8.30. The summed E-state index contributed by atoms with van der Waals surface area (Å²) in [4.78, 5) is 24.2. The number of aliphatic hydroxyl groups is 2. The maximum Gasteiger partial charge on any atom is 0.251 e. The van der Waals surface area contributed by atoms with Gasteiger partial charge in [0.15, 0.2) is 0 Å². The SMILES string of the molecule is O=C(NC[C@@H]1OC[C@@](O)(CNC(=O)c2ccccc2)C1O)c1ccccc1. The van der Waals surface area contributed by atoms with Crippen LogP contribution in [-0.2, 0) is 4.74 Å². The van der Waals surface area contributed by atoms with Gasteiger partial charge in [-0.2, -0.15) is 0 Å². The van der Waals surface area contributed by atoms with Crippen LogP contribution in [0.15, 0.2) is 60.7 Å². The van der Waals surface area contributed by atoms with E-state index >= 15 is 0 Å². The molecule has 1 saturated heterocycles. The lowest BCUT2D eigenvalue weighted by Gasteiger charge is -2.26. The molecule has 2 aromatic rings. The Balaban J connectivity index is 1.51. The van der Waals surface area contributed by atoms with Crippen LogP contribution in [0, 0.1) is 0 Å². The predicted octanol–water partition coefficient (Wildman–Crippen LogP) is 0.337. The molecule has 1 aliphatic rings. The van der Waals surface area contributed by atoms with Crippen molar-refractivity contribution in [2.45, 2.75) is 17.8 Å². The fourth-order valence-corrected chi connectivity index (χ4v) is 2.91. The van der Waals surface area contributed by atoms with Gasteiger partial charge in [-0.1, -0.05) is 36.4 Å². The summed E-state index contributed by atoms with van der Waals surface area (Å²) < 4.78 is 5.44. The van der Waals surface area contributed by atoms with E-state index in [4.69, 9.17) is 4.74 Å². The van der Waals surface area contributed by atoms with E-state index in [1.807, 2.05) is 6.07 Å². The van der Waals surface area contributed by atoms with Crippen molar-refractivity contribution in [3.63, 3.8) is 0 Å². The summed E-state index contributed by atoms with van der Waals surface area (Å²) in [5, 5.41) is 26.3. The van der Waals surface area contributed by atoms with Crippen LogP contribution in [0.1, 0.15) is 20.7 Å². The molecular formula is C20H22N2O5. The first-order valence-electron chi connectivity index (χ1n) is 8.68. The highest BCUT2D eigenvalue weighted by Crippen LogP contribution is 2.24. The number of aliphatic hydroxyl groups excluding tert-OH is 1. The van der Waals surface area contributed by atoms with Gasteiger partial charge >= 0.3 is 0 Å². The molecule has 2 aromatic carbocycles. The van der Waals surface area contributed by atoms with E-state index in [2.05, 4.69) is 10.6 Å². The molecule has 142 valence electrons. The third-order valence-corrected chi connectivity index (χ3v) is 4.54. The summed E-state index contributed by atoms with van der Waals surface area (Å²) >= 11 is 0. The molecule has 1 aliphatic heterocycles. The molecule has 1 fully saturated rings. The van der Waals surface area contributed by atoms with Crippen molar-refractivity contribution >= 4 is 11.8 Å². The number of nitrogens with one attached hydrogen (secondary N) is 2. The molecule has 0 aliphatic carbocycles. The Hall–Kier alpha value is -2.74. The van der Waals surface area contributed by atoms with E-state index in [1.54, 1.807) is 54.6 Å². The lowest BCUT2D eigenvalue weighted by atomic mass is 9.96. The lowest BCUT2D eigenvalue weighted by molar-refractivity contribution is -0.0464. The van der Waals surface area contributed by atoms with Crippen LogP contribution in [0.25, 0.3) is 0 Å². The Morgan fingerprint density at radius 1 is 0.963 bits per heavy atom. The van der Waals surface area contributed by atoms with Gasteiger partial charge < -0.3 is 25.6 Å². The van der Waals surface area contributed by atoms with Gasteiger partial charge in [-0.3, -0.25) is 9.59 Å². The zero-order chi connectivity index (χ0) is 19.3. The molecule has 3 atom stereocenters. The smallest absolute Gasteiger partial charge is 0.251 e. The van der Waals surface area contributed by atoms with E-state index in [9.17, 15) is 19.8 Å². The second-order valence-electron chi connectivity index (χ2n) is 6.52. The van der Waals surface area contributed by atoms with Gasteiger partial charge in [0.2, 0.25) is 0 Å². The number of benzene rings is 2.